The van der Waals surface area contributed by atoms with E-state index in [1.165, 1.54) is 0 Å². The summed E-state index contributed by atoms with van der Waals surface area (Å²) in [6.45, 7) is 5.00. The number of thiocarbonyl (C=S) groups is 1. The van der Waals surface area contributed by atoms with E-state index in [2.05, 4.69) is 18.8 Å². The highest BCUT2D eigenvalue weighted by molar-refractivity contribution is 8.00. The van der Waals surface area contributed by atoms with Crippen LogP contribution >= 0.6 is 24.0 Å². The number of nitrogens with zero attached hydrogens (tertiary/aromatic N) is 2. The number of carbonyl (C=O) groups excluding carboxylic acids is 1. The average Bonchev–Trinajstić information content (AvgIpc) is 2.41. The van der Waals surface area contributed by atoms with Crippen molar-refractivity contribution in [3.63, 3.8) is 0 Å². The SMILES string of the molecule is CC1SCCN(C(=O)c2ccc(C(N)=S)cn2)C1C. The summed E-state index contributed by atoms with van der Waals surface area (Å²) in [5, 5.41) is 0.452. The summed E-state index contributed by atoms with van der Waals surface area (Å²) in [6.07, 6.45) is 1.56. The number of rotatable bonds is 2. The second-order valence-electron chi connectivity index (χ2n) is 4.61. The van der Waals surface area contributed by atoms with Crippen LogP contribution in [0.25, 0.3) is 0 Å². The van der Waals surface area contributed by atoms with E-state index in [-0.39, 0.29) is 11.9 Å². The molecule has 0 saturated carbocycles. The van der Waals surface area contributed by atoms with Gasteiger partial charge in [-0.1, -0.05) is 19.1 Å². The maximum atomic E-state index is 12.4. The normalized spacial score (nSPS) is 23.2. The standard InChI is InChI=1S/C13H17N3OS2/c1-8-9(2)19-6-5-16(8)13(17)11-4-3-10(7-15-11)12(14)18/h3-4,7-9H,5-6H2,1-2H3,(H2,14,18). The van der Waals surface area contributed by atoms with Crippen LogP contribution in [0.1, 0.15) is 29.9 Å². The van der Waals surface area contributed by atoms with Gasteiger partial charge in [0.15, 0.2) is 0 Å². The van der Waals surface area contributed by atoms with Crippen LogP contribution < -0.4 is 5.73 Å². The molecule has 0 radical (unpaired) electrons. The van der Waals surface area contributed by atoms with Gasteiger partial charge in [-0.15, -0.1) is 0 Å². The first-order valence-electron chi connectivity index (χ1n) is 6.19. The van der Waals surface area contributed by atoms with Gasteiger partial charge < -0.3 is 10.6 Å². The molecule has 19 heavy (non-hydrogen) atoms. The highest BCUT2D eigenvalue weighted by atomic mass is 32.2. The van der Waals surface area contributed by atoms with E-state index >= 15 is 0 Å². The molecule has 1 aliphatic heterocycles. The molecule has 1 aromatic rings. The summed E-state index contributed by atoms with van der Waals surface area (Å²) in [5.41, 5.74) is 6.65. The summed E-state index contributed by atoms with van der Waals surface area (Å²) in [7, 11) is 0. The molecule has 2 heterocycles. The van der Waals surface area contributed by atoms with Gasteiger partial charge in [-0.2, -0.15) is 11.8 Å². The van der Waals surface area contributed by atoms with Crippen LogP contribution in [0.3, 0.4) is 0 Å². The Bertz CT molecular complexity index is 489. The molecule has 1 fully saturated rings. The number of hydrogen-bond acceptors (Lipinski definition) is 4. The van der Waals surface area contributed by atoms with Gasteiger partial charge in [0.25, 0.3) is 5.91 Å². The minimum absolute atomic E-state index is 0.0193. The van der Waals surface area contributed by atoms with Gasteiger partial charge in [-0.05, 0) is 19.1 Å². The first-order valence-corrected chi connectivity index (χ1v) is 7.65. The predicted molar refractivity (Wildman–Crippen MR) is 82.5 cm³/mol. The summed E-state index contributed by atoms with van der Waals surface area (Å²) in [4.78, 5) is 18.8. The van der Waals surface area contributed by atoms with Crippen LogP contribution in [0.15, 0.2) is 18.3 Å². The van der Waals surface area contributed by atoms with Crippen LogP contribution in [0.5, 0.6) is 0 Å². The molecule has 1 amide bonds. The monoisotopic (exact) mass is 295 g/mol. The second-order valence-corrected chi connectivity index (χ2v) is 6.54. The second kappa shape index (κ2) is 5.88. The minimum atomic E-state index is -0.0193. The fourth-order valence-corrected chi connectivity index (χ4v) is 3.25. The molecule has 0 bridgehead atoms. The Kier molecular flexibility index (Phi) is 4.42. The van der Waals surface area contributed by atoms with Gasteiger partial charge in [0.1, 0.15) is 10.7 Å². The Balaban J connectivity index is 2.17. The molecule has 2 N–H and O–H groups in total. The first-order chi connectivity index (χ1) is 9.00. The van der Waals surface area contributed by atoms with Crippen LogP contribution in [-0.4, -0.2) is 44.4 Å². The predicted octanol–water partition coefficient (Wildman–Crippen LogP) is 1.68. The Labute approximate surface area is 122 Å². The molecule has 1 aromatic heterocycles. The summed E-state index contributed by atoms with van der Waals surface area (Å²) >= 11 is 6.77. The summed E-state index contributed by atoms with van der Waals surface area (Å²) < 4.78 is 0. The lowest BCUT2D eigenvalue weighted by molar-refractivity contribution is 0.0692. The summed E-state index contributed by atoms with van der Waals surface area (Å²) in [6, 6.07) is 3.66. The number of carbonyl (C=O) groups is 1. The number of hydrogen-bond donors (Lipinski definition) is 1. The Hall–Kier alpha value is -1.14. The third-order valence-electron chi connectivity index (χ3n) is 3.41. The number of pyridine rings is 1. The maximum absolute atomic E-state index is 12.4. The van der Waals surface area contributed by atoms with Crippen molar-refractivity contribution in [3.05, 3.63) is 29.6 Å². The maximum Gasteiger partial charge on any atom is 0.272 e. The molecule has 6 heteroatoms. The van der Waals surface area contributed by atoms with Crippen molar-refractivity contribution >= 4 is 34.9 Å². The van der Waals surface area contributed by atoms with Crippen molar-refractivity contribution in [2.24, 2.45) is 5.73 Å². The van der Waals surface area contributed by atoms with E-state index in [0.29, 0.717) is 21.5 Å². The van der Waals surface area contributed by atoms with E-state index in [9.17, 15) is 4.79 Å². The Morgan fingerprint density at radius 2 is 2.26 bits per heavy atom. The molecule has 2 rings (SSSR count). The molecular formula is C13H17N3OS2. The van der Waals surface area contributed by atoms with Crippen LogP contribution in [0.2, 0.25) is 0 Å². The average molecular weight is 295 g/mol. The van der Waals surface area contributed by atoms with Crippen molar-refractivity contribution in [1.29, 1.82) is 0 Å². The van der Waals surface area contributed by atoms with Crippen molar-refractivity contribution < 1.29 is 4.79 Å². The number of aromatic nitrogens is 1. The van der Waals surface area contributed by atoms with E-state index in [0.717, 1.165) is 12.3 Å². The largest absolute Gasteiger partial charge is 0.389 e. The number of thioether (sulfide) groups is 1. The van der Waals surface area contributed by atoms with Crippen molar-refractivity contribution in [2.75, 3.05) is 12.3 Å². The lowest BCUT2D eigenvalue weighted by Crippen LogP contribution is -2.48. The molecule has 1 saturated heterocycles. The third kappa shape index (κ3) is 3.06. The third-order valence-corrected chi connectivity index (χ3v) is 4.99. The molecule has 0 spiro atoms. The molecule has 0 aromatic carbocycles. The van der Waals surface area contributed by atoms with Crippen LogP contribution in [0, 0.1) is 0 Å². The summed E-state index contributed by atoms with van der Waals surface area (Å²) in [5.74, 6) is 0.955. The topological polar surface area (TPSA) is 59.2 Å². The zero-order valence-corrected chi connectivity index (χ0v) is 12.6. The van der Waals surface area contributed by atoms with Crippen molar-refractivity contribution in [3.8, 4) is 0 Å². The molecule has 0 aliphatic carbocycles. The van der Waals surface area contributed by atoms with Gasteiger partial charge in [0.05, 0.1) is 0 Å². The van der Waals surface area contributed by atoms with Gasteiger partial charge in [-0.25, -0.2) is 0 Å². The zero-order valence-electron chi connectivity index (χ0n) is 11.0. The van der Waals surface area contributed by atoms with Gasteiger partial charge >= 0.3 is 0 Å². The Morgan fingerprint density at radius 3 is 2.84 bits per heavy atom. The molecule has 1 aliphatic rings. The fraction of sp³-hybridized carbons (Fsp3) is 0.462. The van der Waals surface area contributed by atoms with E-state index in [1.807, 2.05) is 16.7 Å². The highest BCUT2D eigenvalue weighted by Gasteiger charge is 2.29. The quantitative estimate of drug-likeness (QED) is 0.841. The van der Waals surface area contributed by atoms with Gasteiger partial charge in [-0.3, -0.25) is 9.78 Å². The van der Waals surface area contributed by atoms with Crippen molar-refractivity contribution in [2.45, 2.75) is 25.1 Å². The molecule has 2 unspecified atom stereocenters. The van der Waals surface area contributed by atoms with Crippen molar-refractivity contribution in [1.82, 2.24) is 9.88 Å². The molecule has 2 atom stereocenters. The van der Waals surface area contributed by atoms with Crippen LogP contribution in [0.4, 0.5) is 0 Å². The molecular weight excluding hydrogens is 278 g/mol. The number of amides is 1. The lowest BCUT2D eigenvalue weighted by atomic mass is 10.1. The molecule has 102 valence electrons. The van der Waals surface area contributed by atoms with E-state index in [4.69, 9.17) is 18.0 Å². The van der Waals surface area contributed by atoms with Crippen LogP contribution in [-0.2, 0) is 0 Å². The van der Waals surface area contributed by atoms with Gasteiger partial charge in [0.2, 0.25) is 0 Å². The van der Waals surface area contributed by atoms with E-state index in [1.54, 1.807) is 18.3 Å². The fourth-order valence-electron chi connectivity index (χ4n) is 2.03. The van der Waals surface area contributed by atoms with E-state index < -0.39 is 0 Å². The minimum Gasteiger partial charge on any atom is -0.389 e. The number of nitrogens with two attached hydrogens (primary N) is 1. The lowest BCUT2D eigenvalue weighted by Gasteiger charge is -2.37. The highest BCUT2D eigenvalue weighted by Crippen LogP contribution is 2.25. The molecule has 4 nitrogen and oxygen atoms in total. The Morgan fingerprint density at radius 1 is 1.53 bits per heavy atom. The smallest absolute Gasteiger partial charge is 0.272 e. The zero-order chi connectivity index (χ0) is 14.0. The first kappa shape index (κ1) is 14.3. The van der Waals surface area contributed by atoms with Gasteiger partial charge in [0, 0.05) is 35.3 Å².